The van der Waals surface area contributed by atoms with Crippen LogP contribution in [0.3, 0.4) is 0 Å². The molecule has 1 aliphatic heterocycles. The molecule has 0 bridgehead atoms. The first-order chi connectivity index (χ1) is 18.7. The third kappa shape index (κ3) is 4.63. The zero-order valence-electron chi connectivity index (χ0n) is 26.0. The Morgan fingerprint density at radius 1 is 0.775 bits per heavy atom. The number of hydrogen-bond acceptors (Lipinski definition) is 1. The van der Waals surface area contributed by atoms with Crippen LogP contribution in [0.1, 0.15) is 83.6 Å². The van der Waals surface area contributed by atoms with Crippen LogP contribution >= 0.6 is 11.8 Å². The second-order valence-electron chi connectivity index (χ2n) is 14.8. The molecular formula is C38H44NS+. The zero-order valence-corrected chi connectivity index (χ0v) is 26.9. The summed E-state index contributed by atoms with van der Waals surface area (Å²) in [5.74, 6) is 0.511. The van der Waals surface area contributed by atoms with Crippen molar-refractivity contribution in [1.29, 1.82) is 0 Å². The molecule has 0 saturated carbocycles. The van der Waals surface area contributed by atoms with E-state index in [1.807, 2.05) is 11.8 Å². The van der Waals surface area contributed by atoms with E-state index >= 15 is 0 Å². The van der Waals surface area contributed by atoms with Gasteiger partial charge in [-0.05, 0) is 86.4 Å². The molecule has 0 spiro atoms. The molecule has 6 rings (SSSR count). The minimum Gasteiger partial charge on any atom is -0.200 e. The van der Waals surface area contributed by atoms with Crippen molar-refractivity contribution in [2.24, 2.45) is 17.9 Å². The van der Waals surface area contributed by atoms with Crippen LogP contribution in [0.25, 0.3) is 43.6 Å². The van der Waals surface area contributed by atoms with Gasteiger partial charge in [-0.1, -0.05) is 104 Å². The predicted octanol–water partition coefficient (Wildman–Crippen LogP) is 10.7. The van der Waals surface area contributed by atoms with Crippen LogP contribution in [0.4, 0.5) is 0 Å². The molecule has 5 aromatic rings. The normalized spacial score (nSPS) is 13.6. The lowest BCUT2D eigenvalue weighted by atomic mass is 9.81. The predicted molar refractivity (Wildman–Crippen MR) is 175 cm³/mol. The first-order valence-electron chi connectivity index (χ1n) is 14.9. The highest BCUT2D eigenvalue weighted by atomic mass is 32.2. The maximum absolute atomic E-state index is 2.50. The quantitative estimate of drug-likeness (QED) is 0.158. The fourth-order valence-electron chi connectivity index (χ4n) is 6.69. The fourth-order valence-corrected chi connectivity index (χ4v) is 8.06. The highest BCUT2D eigenvalue weighted by Gasteiger charge is 2.33. The minimum atomic E-state index is 0.186. The standard InChI is InChI=1S/C38H44NS/c1-22(2)25-12-13-26-19-32-34-28(30(26)18-25)15-16-39(10)35(34)33-23(3)29-17-24(20-37(4,5)6)11-14-27(29)31(36(33)40-32)21-38(7,8)9/h11-19,22H,20-21H2,1-10H3/q+1. The first kappa shape index (κ1) is 27.3. The Balaban J connectivity index is 1.73. The van der Waals surface area contributed by atoms with E-state index in [-0.39, 0.29) is 10.8 Å². The molecular weight excluding hydrogens is 502 g/mol. The van der Waals surface area contributed by atoms with E-state index in [9.17, 15) is 0 Å². The average molecular weight is 547 g/mol. The summed E-state index contributed by atoms with van der Waals surface area (Å²) >= 11 is 2.01. The molecule has 1 aromatic heterocycles. The van der Waals surface area contributed by atoms with Crippen molar-refractivity contribution in [2.75, 3.05) is 0 Å². The Labute approximate surface area is 245 Å². The molecule has 0 N–H and O–H groups in total. The van der Waals surface area contributed by atoms with Crippen LogP contribution in [0.15, 0.2) is 64.5 Å². The van der Waals surface area contributed by atoms with Gasteiger partial charge in [-0.2, -0.15) is 0 Å². The maximum atomic E-state index is 2.50. The van der Waals surface area contributed by atoms with Crippen molar-refractivity contribution in [2.45, 2.75) is 90.9 Å². The SMILES string of the molecule is Cc1c2c(c(CC(C)(C)C)c3ccc(CC(C)(C)C)cc13)Sc1cc3ccc(C(C)C)cc3c3cc[n+](C)c-2c13. The molecule has 2 heterocycles. The number of benzene rings is 4. The fraction of sp³-hybridized carbons (Fsp3) is 0.395. The van der Waals surface area contributed by atoms with Crippen LogP contribution in [-0.2, 0) is 19.9 Å². The highest BCUT2D eigenvalue weighted by molar-refractivity contribution is 8.00. The first-order valence-corrected chi connectivity index (χ1v) is 15.7. The van der Waals surface area contributed by atoms with Crippen molar-refractivity contribution in [3.63, 3.8) is 0 Å². The average Bonchev–Trinajstić information content (AvgIpc) is 2.85. The summed E-state index contributed by atoms with van der Waals surface area (Å²) in [7, 11) is 2.23. The number of hydrogen-bond donors (Lipinski definition) is 0. The molecule has 40 heavy (non-hydrogen) atoms. The second-order valence-corrected chi connectivity index (χ2v) is 15.9. The van der Waals surface area contributed by atoms with E-state index in [1.54, 1.807) is 0 Å². The molecule has 0 aliphatic carbocycles. The topological polar surface area (TPSA) is 3.88 Å². The lowest BCUT2D eigenvalue weighted by Crippen LogP contribution is -2.32. The lowest BCUT2D eigenvalue weighted by molar-refractivity contribution is -0.659. The number of aromatic nitrogens is 1. The van der Waals surface area contributed by atoms with Crippen molar-refractivity contribution in [3.05, 3.63) is 77.0 Å². The molecule has 2 heteroatoms. The van der Waals surface area contributed by atoms with E-state index in [2.05, 4.69) is 129 Å². The van der Waals surface area contributed by atoms with Gasteiger partial charge >= 0.3 is 0 Å². The van der Waals surface area contributed by atoms with Gasteiger partial charge in [0.2, 0.25) is 5.69 Å². The maximum Gasteiger partial charge on any atom is 0.222 e. The van der Waals surface area contributed by atoms with E-state index in [0.717, 1.165) is 12.8 Å². The van der Waals surface area contributed by atoms with Crippen molar-refractivity contribution in [3.8, 4) is 11.3 Å². The number of aryl methyl sites for hydroxylation is 2. The molecule has 0 amide bonds. The molecule has 1 nitrogen and oxygen atoms in total. The Morgan fingerprint density at radius 3 is 2.17 bits per heavy atom. The molecule has 0 saturated heterocycles. The van der Waals surface area contributed by atoms with Gasteiger partial charge in [0, 0.05) is 21.2 Å². The lowest BCUT2D eigenvalue weighted by Gasteiger charge is -2.28. The molecule has 0 unspecified atom stereocenters. The van der Waals surface area contributed by atoms with Gasteiger partial charge in [0.25, 0.3) is 0 Å². The summed E-state index contributed by atoms with van der Waals surface area (Å²) in [5, 5.41) is 8.34. The summed E-state index contributed by atoms with van der Waals surface area (Å²) in [4.78, 5) is 2.84. The molecule has 0 radical (unpaired) electrons. The van der Waals surface area contributed by atoms with Crippen molar-refractivity contribution < 1.29 is 4.57 Å². The van der Waals surface area contributed by atoms with E-state index < -0.39 is 0 Å². The van der Waals surface area contributed by atoms with Crippen LogP contribution in [-0.4, -0.2) is 0 Å². The monoisotopic (exact) mass is 546 g/mol. The summed E-state index contributed by atoms with van der Waals surface area (Å²) < 4.78 is 2.38. The van der Waals surface area contributed by atoms with Crippen LogP contribution in [0.5, 0.6) is 0 Å². The minimum absolute atomic E-state index is 0.186. The van der Waals surface area contributed by atoms with E-state index in [4.69, 9.17) is 0 Å². The number of fused-ring (bicyclic) bond motifs is 5. The molecule has 206 valence electrons. The van der Waals surface area contributed by atoms with E-state index in [1.165, 1.54) is 75.6 Å². The van der Waals surface area contributed by atoms with Crippen molar-refractivity contribution >= 4 is 44.1 Å². The molecule has 0 fully saturated rings. The van der Waals surface area contributed by atoms with Crippen LogP contribution in [0.2, 0.25) is 0 Å². The van der Waals surface area contributed by atoms with Gasteiger partial charge in [-0.3, -0.25) is 0 Å². The van der Waals surface area contributed by atoms with Gasteiger partial charge in [0.1, 0.15) is 7.05 Å². The number of nitrogens with zero attached hydrogens (tertiary/aromatic N) is 1. The number of pyridine rings is 1. The largest absolute Gasteiger partial charge is 0.222 e. The summed E-state index contributed by atoms with van der Waals surface area (Å²) in [6.45, 7) is 21.1. The Bertz CT molecular complexity index is 1830. The third-order valence-electron chi connectivity index (χ3n) is 8.47. The molecule has 0 atom stereocenters. The van der Waals surface area contributed by atoms with E-state index in [0.29, 0.717) is 5.92 Å². The molecule has 1 aliphatic rings. The van der Waals surface area contributed by atoms with Crippen molar-refractivity contribution in [1.82, 2.24) is 0 Å². The number of rotatable bonds is 3. The Hall–Kier alpha value is -2.84. The van der Waals surface area contributed by atoms with Gasteiger partial charge in [0.05, 0.1) is 10.9 Å². The van der Waals surface area contributed by atoms with Gasteiger partial charge in [-0.25, -0.2) is 4.57 Å². The summed E-state index contributed by atoms with van der Waals surface area (Å²) in [6.07, 6.45) is 4.42. The third-order valence-corrected chi connectivity index (χ3v) is 9.67. The highest BCUT2D eigenvalue weighted by Crippen LogP contribution is 2.53. The van der Waals surface area contributed by atoms with Gasteiger partial charge in [-0.15, -0.1) is 0 Å². The summed E-state index contributed by atoms with van der Waals surface area (Å²) in [6, 6.07) is 19.2. The Kier molecular flexibility index (Phi) is 6.39. The van der Waals surface area contributed by atoms with Gasteiger partial charge in [0.15, 0.2) is 6.20 Å². The summed E-state index contributed by atoms with van der Waals surface area (Å²) in [5.41, 5.74) is 9.01. The Morgan fingerprint density at radius 2 is 1.50 bits per heavy atom. The zero-order chi connectivity index (χ0) is 28.7. The van der Waals surface area contributed by atoms with Crippen LogP contribution in [0, 0.1) is 17.8 Å². The molecule has 4 aromatic carbocycles. The van der Waals surface area contributed by atoms with Crippen LogP contribution < -0.4 is 4.57 Å². The smallest absolute Gasteiger partial charge is 0.200 e. The van der Waals surface area contributed by atoms with Gasteiger partial charge < -0.3 is 0 Å². The second kappa shape index (κ2) is 9.35.